The summed E-state index contributed by atoms with van der Waals surface area (Å²) in [6.07, 6.45) is 1.50. The van der Waals surface area contributed by atoms with Crippen LogP contribution in [0.3, 0.4) is 0 Å². The molecule has 0 aliphatic heterocycles. The van der Waals surface area contributed by atoms with Gasteiger partial charge in [0.25, 0.3) is 11.8 Å². The third-order valence-corrected chi connectivity index (χ3v) is 6.92. The molecular formula is C32H25F4N3O4S. The summed E-state index contributed by atoms with van der Waals surface area (Å²) in [5.41, 5.74) is 0.0233. The number of benzene rings is 4. The van der Waals surface area contributed by atoms with E-state index in [0.717, 1.165) is 11.8 Å². The molecule has 7 nitrogen and oxygen atoms in total. The Hall–Kier alpha value is -5.10. The van der Waals surface area contributed by atoms with Crippen LogP contribution in [0.5, 0.6) is 5.75 Å². The molecule has 4 aromatic carbocycles. The van der Waals surface area contributed by atoms with Gasteiger partial charge in [0.1, 0.15) is 17.1 Å². The van der Waals surface area contributed by atoms with Crippen molar-refractivity contribution in [3.63, 3.8) is 0 Å². The number of nitrogens with one attached hydrogen (secondary N) is 3. The lowest BCUT2D eigenvalue weighted by molar-refractivity contribution is -0.114. The third-order valence-electron chi connectivity index (χ3n) is 5.91. The summed E-state index contributed by atoms with van der Waals surface area (Å²) in [4.78, 5) is 38.9. The van der Waals surface area contributed by atoms with Crippen LogP contribution in [0, 0.1) is 23.3 Å². The molecule has 0 heterocycles. The first-order valence-electron chi connectivity index (χ1n) is 13.1. The second kappa shape index (κ2) is 14.9. The first kappa shape index (κ1) is 31.8. The number of carbonyl (C=O) groups is 3. The van der Waals surface area contributed by atoms with Crippen LogP contribution in [0.15, 0.2) is 95.5 Å². The molecule has 0 saturated carbocycles. The highest BCUT2D eigenvalue weighted by molar-refractivity contribution is 8.00. The summed E-state index contributed by atoms with van der Waals surface area (Å²) < 4.78 is 60.1. The average Bonchev–Trinajstić information content (AvgIpc) is 3.03. The minimum Gasteiger partial charge on any atom is -0.493 e. The predicted molar refractivity (Wildman–Crippen MR) is 160 cm³/mol. The van der Waals surface area contributed by atoms with Crippen LogP contribution in [0.1, 0.15) is 22.8 Å². The predicted octanol–water partition coefficient (Wildman–Crippen LogP) is 6.78. The second-order valence-electron chi connectivity index (χ2n) is 9.01. The number of amides is 3. The molecule has 4 aromatic rings. The lowest BCUT2D eigenvalue weighted by Crippen LogP contribution is -2.30. The Morgan fingerprint density at radius 3 is 2.11 bits per heavy atom. The van der Waals surface area contributed by atoms with Crippen molar-refractivity contribution in [3.8, 4) is 5.75 Å². The molecule has 0 spiro atoms. The molecule has 44 heavy (non-hydrogen) atoms. The number of rotatable bonds is 11. The van der Waals surface area contributed by atoms with Gasteiger partial charge in [-0.05, 0) is 55.5 Å². The highest BCUT2D eigenvalue weighted by Crippen LogP contribution is 2.26. The van der Waals surface area contributed by atoms with E-state index in [0.29, 0.717) is 34.1 Å². The minimum absolute atomic E-state index is 0.0468. The Balaban J connectivity index is 1.45. The number of thioether (sulfide) groups is 1. The van der Waals surface area contributed by atoms with Gasteiger partial charge in [0.15, 0.2) is 23.3 Å². The normalized spacial score (nSPS) is 11.1. The second-order valence-corrected chi connectivity index (χ2v) is 10.1. The van der Waals surface area contributed by atoms with Crippen molar-refractivity contribution in [1.29, 1.82) is 0 Å². The van der Waals surface area contributed by atoms with E-state index in [1.165, 1.54) is 6.08 Å². The minimum atomic E-state index is -1.71. The van der Waals surface area contributed by atoms with E-state index in [9.17, 15) is 31.9 Å². The molecule has 0 unspecified atom stereocenters. The lowest BCUT2D eigenvalue weighted by Gasteiger charge is -2.13. The van der Waals surface area contributed by atoms with Crippen LogP contribution in [-0.2, 0) is 9.59 Å². The number of carbonyl (C=O) groups excluding carboxylic acids is 3. The summed E-state index contributed by atoms with van der Waals surface area (Å²) in [6.45, 7) is 2.22. The van der Waals surface area contributed by atoms with Crippen molar-refractivity contribution in [2.75, 3.05) is 23.0 Å². The Labute approximate surface area is 254 Å². The van der Waals surface area contributed by atoms with Crippen LogP contribution >= 0.6 is 11.8 Å². The van der Waals surface area contributed by atoms with Gasteiger partial charge in [-0.15, -0.1) is 11.8 Å². The molecule has 0 fully saturated rings. The summed E-state index contributed by atoms with van der Waals surface area (Å²) in [7, 11) is 0. The maximum atomic E-state index is 13.8. The number of halogens is 4. The third kappa shape index (κ3) is 8.26. The zero-order valence-electron chi connectivity index (χ0n) is 23.1. The van der Waals surface area contributed by atoms with Gasteiger partial charge in [-0.25, -0.2) is 17.6 Å². The first-order valence-corrected chi connectivity index (χ1v) is 14.1. The smallest absolute Gasteiger partial charge is 0.272 e. The van der Waals surface area contributed by atoms with Crippen molar-refractivity contribution in [3.05, 3.63) is 125 Å². The van der Waals surface area contributed by atoms with Crippen molar-refractivity contribution in [2.24, 2.45) is 0 Å². The molecule has 12 heteroatoms. The zero-order valence-corrected chi connectivity index (χ0v) is 23.9. The fourth-order valence-corrected chi connectivity index (χ4v) is 4.52. The van der Waals surface area contributed by atoms with E-state index in [1.54, 1.807) is 78.9 Å². The van der Waals surface area contributed by atoms with Gasteiger partial charge in [-0.1, -0.05) is 36.4 Å². The molecule has 4 rings (SSSR count). The molecule has 0 aliphatic rings. The zero-order chi connectivity index (χ0) is 31.6. The number of ether oxygens (including phenoxy) is 1. The summed E-state index contributed by atoms with van der Waals surface area (Å²) >= 11 is 0.976. The van der Waals surface area contributed by atoms with Crippen LogP contribution in [-0.4, -0.2) is 30.1 Å². The van der Waals surface area contributed by atoms with Crippen molar-refractivity contribution < 1.29 is 36.7 Å². The largest absolute Gasteiger partial charge is 0.493 e. The Morgan fingerprint density at radius 1 is 0.818 bits per heavy atom. The molecular weight excluding hydrogens is 598 g/mol. The summed E-state index contributed by atoms with van der Waals surface area (Å²) in [5, 5.41) is 7.21. The molecule has 0 aromatic heterocycles. The molecule has 226 valence electrons. The van der Waals surface area contributed by atoms with Gasteiger partial charge in [-0.3, -0.25) is 14.4 Å². The topological polar surface area (TPSA) is 96.5 Å². The quantitative estimate of drug-likeness (QED) is 0.0741. The fourth-order valence-electron chi connectivity index (χ4n) is 3.82. The van der Waals surface area contributed by atoms with E-state index in [4.69, 9.17) is 4.74 Å². The van der Waals surface area contributed by atoms with Crippen LogP contribution in [0.2, 0.25) is 0 Å². The monoisotopic (exact) mass is 623 g/mol. The SMILES string of the molecule is CCOc1ccccc1/C=C(\NC(=O)c1ccccc1)C(=O)Nc1ccc(SCC(=O)Nc2c(F)c(F)cc(F)c2F)cc1. The van der Waals surface area contributed by atoms with Gasteiger partial charge in [0.05, 0.1) is 12.4 Å². The molecule has 0 saturated heterocycles. The van der Waals surface area contributed by atoms with Crippen molar-refractivity contribution in [2.45, 2.75) is 11.8 Å². The number of hydrogen-bond donors (Lipinski definition) is 3. The molecule has 0 radical (unpaired) electrons. The van der Waals surface area contributed by atoms with Gasteiger partial charge < -0.3 is 20.7 Å². The van der Waals surface area contributed by atoms with Gasteiger partial charge in [0, 0.05) is 27.8 Å². The Morgan fingerprint density at radius 2 is 1.45 bits per heavy atom. The highest BCUT2D eigenvalue weighted by atomic mass is 32.2. The summed E-state index contributed by atoms with van der Waals surface area (Å²) in [6, 6.07) is 21.7. The molecule has 3 amide bonds. The fraction of sp³-hybridized carbons (Fsp3) is 0.0938. The molecule has 0 bridgehead atoms. The van der Waals surface area contributed by atoms with Crippen molar-refractivity contribution in [1.82, 2.24) is 5.32 Å². The maximum Gasteiger partial charge on any atom is 0.272 e. The van der Waals surface area contributed by atoms with Gasteiger partial charge in [-0.2, -0.15) is 0 Å². The highest BCUT2D eigenvalue weighted by Gasteiger charge is 2.21. The molecule has 0 atom stereocenters. The van der Waals surface area contributed by atoms with E-state index < -0.39 is 46.7 Å². The van der Waals surface area contributed by atoms with Crippen molar-refractivity contribution >= 4 is 46.9 Å². The van der Waals surface area contributed by atoms with Gasteiger partial charge >= 0.3 is 0 Å². The lowest BCUT2D eigenvalue weighted by atomic mass is 10.1. The average molecular weight is 624 g/mol. The number of hydrogen-bond acceptors (Lipinski definition) is 5. The van der Waals surface area contributed by atoms with E-state index in [-0.39, 0.29) is 17.5 Å². The first-order chi connectivity index (χ1) is 21.2. The van der Waals surface area contributed by atoms with E-state index in [1.807, 2.05) is 12.2 Å². The van der Waals surface area contributed by atoms with Crippen LogP contribution in [0.25, 0.3) is 6.08 Å². The Kier molecular flexibility index (Phi) is 10.8. The van der Waals surface area contributed by atoms with Crippen LogP contribution < -0.4 is 20.7 Å². The standard InChI is InChI=1S/C32H25F4N3O4S/c1-2-43-26-11-7-6-10-20(26)16-25(38-31(41)19-8-4-3-5-9-19)32(42)37-21-12-14-22(15-13-21)44-18-27(40)39-30-28(35)23(33)17-24(34)29(30)36/h3-17H,2,18H2,1H3,(H,37,42)(H,38,41)(H,39,40)/b25-16-. The number of para-hydroxylation sites is 1. The van der Waals surface area contributed by atoms with E-state index >= 15 is 0 Å². The van der Waals surface area contributed by atoms with Gasteiger partial charge in [0.2, 0.25) is 5.91 Å². The summed E-state index contributed by atoms with van der Waals surface area (Å²) in [5.74, 6) is -8.52. The van der Waals surface area contributed by atoms with E-state index in [2.05, 4.69) is 10.6 Å². The maximum absolute atomic E-state index is 13.8. The molecule has 3 N–H and O–H groups in total. The molecule has 0 aliphatic carbocycles. The van der Waals surface area contributed by atoms with Crippen LogP contribution in [0.4, 0.5) is 28.9 Å². The Bertz CT molecular complexity index is 1670. The number of anilines is 2.